The third-order valence-corrected chi connectivity index (χ3v) is 3.25. The van der Waals surface area contributed by atoms with Crippen LogP contribution in [0.3, 0.4) is 0 Å². The molecule has 0 radical (unpaired) electrons. The van der Waals surface area contributed by atoms with Crippen molar-refractivity contribution in [3.8, 4) is 5.88 Å². The molecule has 1 aromatic carbocycles. The molecule has 0 atom stereocenters. The predicted molar refractivity (Wildman–Crippen MR) is 109 cm³/mol. The molecule has 2 aromatic rings. The average Bonchev–Trinajstić information content (AvgIpc) is 2.63. The molecule has 0 bridgehead atoms. The van der Waals surface area contributed by atoms with Crippen molar-refractivity contribution in [2.45, 2.75) is 26.2 Å². The molecule has 9 heteroatoms. The first-order valence-electron chi connectivity index (χ1n) is 8.17. The molecule has 0 aliphatic heterocycles. The van der Waals surface area contributed by atoms with Crippen molar-refractivity contribution in [3.05, 3.63) is 59.8 Å². The predicted octanol–water partition coefficient (Wildman–Crippen LogP) is 3.90. The molecule has 0 aliphatic carbocycles. The normalized spacial score (nSPS) is 11.5. The van der Waals surface area contributed by atoms with Crippen LogP contribution >= 0.6 is 24.0 Å². The van der Waals surface area contributed by atoms with E-state index in [0.29, 0.717) is 24.6 Å². The number of hydrogen-bond acceptors (Lipinski definition) is 3. The van der Waals surface area contributed by atoms with Gasteiger partial charge in [-0.2, -0.15) is 13.2 Å². The van der Waals surface area contributed by atoms with E-state index < -0.39 is 12.8 Å². The highest BCUT2D eigenvalue weighted by Crippen LogP contribution is 2.17. The monoisotopic (exact) mass is 494 g/mol. The lowest BCUT2D eigenvalue weighted by Crippen LogP contribution is -2.36. The summed E-state index contributed by atoms with van der Waals surface area (Å²) in [5.74, 6) is 0.545. The van der Waals surface area contributed by atoms with Gasteiger partial charge in [0.05, 0.1) is 6.54 Å². The SMILES string of the molecule is CCNC(=NCc1ccnc(OCC(F)(F)F)c1)NCc1ccccc1.I. The smallest absolute Gasteiger partial charge is 0.422 e. The minimum absolute atomic E-state index is 0. The average molecular weight is 494 g/mol. The van der Waals surface area contributed by atoms with Gasteiger partial charge in [-0.3, -0.25) is 0 Å². The molecule has 0 saturated carbocycles. The van der Waals surface area contributed by atoms with Crippen molar-refractivity contribution in [1.29, 1.82) is 0 Å². The van der Waals surface area contributed by atoms with Crippen LogP contribution in [0.4, 0.5) is 13.2 Å². The lowest BCUT2D eigenvalue weighted by Gasteiger charge is -2.12. The lowest BCUT2D eigenvalue weighted by atomic mass is 10.2. The topological polar surface area (TPSA) is 58.5 Å². The van der Waals surface area contributed by atoms with E-state index in [9.17, 15) is 13.2 Å². The van der Waals surface area contributed by atoms with Gasteiger partial charge in [-0.05, 0) is 24.1 Å². The Hall–Kier alpha value is -2.04. The van der Waals surface area contributed by atoms with Gasteiger partial charge in [0.25, 0.3) is 0 Å². The minimum atomic E-state index is -4.39. The van der Waals surface area contributed by atoms with Crippen LogP contribution in [-0.4, -0.2) is 30.3 Å². The van der Waals surface area contributed by atoms with Crippen LogP contribution in [-0.2, 0) is 13.1 Å². The molecule has 1 heterocycles. The van der Waals surface area contributed by atoms with Crippen LogP contribution in [0.15, 0.2) is 53.7 Å². The van der Waals surface area contributed by atoms with Crippen molar-refractivity contribution in [3.63, 3.8) is 0 Å². The van der Waals surface area contributed by atoms with Crippen LogP contribution in [0.2, 0.25) is 0 Å². The fourth-order valence-electron chi connectivity index (χ4n) is 2.08. The molecule has 0 fully saturated rings. The maximum atomic E-state index is 12.2. The van der Waals surface area contributed by atoms with E-state index in [2.05, 4.69) is 25.3 Å². The van der Waals surface area contributed by atoms with Crippen LogP contribution in [0, 0.1) is 0 Å². The first kappa shape index (κ1) is 23.0. The van der Waals surface area contributed by atoms with Gasteiger partial charge in [0.15, 0.2) is 12.6 Å². The molecule has 1 aromatic heterocycles. The summed E-state index contributed by atoms with van der Waals surface area (Å²) >= 11 is 0. The Morgan fingerprint density at radius 2 is 1.85 bits per heavy atom. The van der Waals surface area contributed by atoms with Gasteiger partial charge < -0.3 is 15.4 Å². The fourth-order valence-corrected chi connectivity index (χ4v) is 2.08. The van der Waals surface area contributed by atoms with Crippen molar-refractivity contribution < 1.29 is 17.9 Å². The number of rotatable bonds is 7. The summed E-state index contributed by atoms with van der Waals surface area (Å²) in [4.78, 5) is 8.22. The molecule has 0 unspecified atom stereocenters. The second kappa shape index (κ2) is 11.6. The Balaban J connectivity index is 0.00000364. The standard InChI is InChI=1S/C18H21F3N4O.HI/c1-2-22-17(24-11-14-6-4-3-5-7-14)25-12-15-8-9-23-16(10-15)26-13-18(19,20)21;/h3-10H,2,11-13H2,1H3,(H2,22,24,25);1H. The Kier molecular flexibility index (Phi) is 9.90. The number of halogens is 4. The molecule has 0 saturated heterocycles. The molecule has 5 nitrogen and oxygen atoms in total. The number of alkyl halides is 3. The van der Waals surface area contributed by atoms with Crippen LogP contribution in [0.5, 0.6) is 5.88 Å². The van der Waals surface area contributed by atoms with Gasteiger partial charge in [-0.1, -0.05) is 30.3 Å². The molecule has 0 aliphatic rings. The zero-order valence-corrected chi connectivity index (χ0v) is 17.1. The van der Waals surface area contributed by atoms with Gasteiger partial charge in [0.2, 0.25) is 5.88 Å². The first-order valence-corrected chi connectivity index (χ1v) is 8.17. The maximum Gasteiger partial charge on any atom is 0.422 e. The first-order chi connectivity index (χ1) is 12.5. The molecular weight excluding hydrogens is 472 g/mol. The number of pyridine rings is 1. The Morgan fingerprint density at radius 3 is 2.52 bits per heavy atom. The summed E-state index contributed by atoms with van der Waals surface area (Å²) in [6.45, 7) is 2.18. The summed E-state index contributed by atoms with van der Waals surface area (Å²) < 4.78 is 41.3. The highest BCUT2D eigenvalue weighted by atomic mass is 127. The number of aromatic nitrogens is 1. The Morgan fingerprint density at radius 1 is 1.11 bits per heavy atom. The van der Waals surface area contributed by atoms with E-state index in [4.69, 9.17) is 0 Å². The van der Waals surface area contributed by atoms with Crippen molar-refractivity contribution in [2.24, 2.45) is 4.99 Å². The molecule has 2 rings (SSSR count). The molecule has 27 heavy (non-hydrogen) atoms. The molecule has 2 N–H and O–H groups in total. The highest BCUT2D eigenvalue weighted by Gasteiger charge is 2.28. The number of benzene rings is 1. The number of nitrogens with one attached hydrogen (secondary N) is 2. The molecular formula is C18H22F3IN4O. The number of ether oxygens (including phenoxy) is 1. The Labute approximate surface area is 173 Å². The second-order valence-corrected chi connectivity index (χ2v) is 5.44. The summed E-state index contributed by atoms with van der Waals surface area (Å²) in [6.07, 6.45) is -2.99. The van der Waals surface area contributed by atoms with Crippen LogP contribution in [0.1, 0.15) is 18.1 Å². The van der Waals surface area contributed by atoms with Crippen molar-refractivity contribution in [2.75, 3.05) is 13.2 Å². The van der Waals surface area contributed by atoms with E-state index >= 15 is 0 Å². The summed E-state index contributed by atoms with van der Waals surface area (Å²) in [5.41, 5.74) is 1.82. The third-order valence-electron chi connectivity index (χ3n) is 3.25. The van der Waals surface area contributed by atoms with E-state index in [1.807, 2.05) is 37.3 Å². The fraction of sp³-hybridized carbons (Fsp3) is 0.333. The molecule has 0 spiro atoms. The van der Waals surface area contributed by atoms with Gasteiger partial charge in [-0.25, -0.2) is 9.98 Å². The maximum absolute atomic E-state index is 12.2. The lowest BCUT2D eigenvalue weighted by molar-refractivity contribution is -0.154. The second-order valence-electron chi connectivity index (χ2n) is 5.44. The Bertz CT molecular complexity index is 711. The van der Waals surface area contributed by atoms with Gasteiger partial charge in [0, 0.05) is 25.4 Å². The van der Waals surface area contributed by atoms with Gasteiger partial charge >= 0.3 is 6.18 Å². The van der Waals surface area contributed by atoms with E-state index in [1.54, 1.807) is 6.07 Å². The van der Waals surface area contributed by atoms with Crippen molar-refractivity contribution >= 4 is 29.9 Å². The molecule has 148 valence electrons. The summed E-state index contributed by atoms with van der Waals surface area (Å²) in [7, 11) is 0. The van der Waals surface area contributed by atoms with Gasteiger partial charge in [0.1, 0.15) is 0 Å². The number of hydrogen-bond donors (Lipinski definition) is 2. The third kappa shape index (κ3) is 9.45. The number of nitrogens with zero attached hydrogens (tertiary/aromatic N) is 2. The zero-order chi connectivity index (χ0) is 18.8. The number of aliphatic imine (C=N–C) groups is 1. The largest absolute Gasteiger partial charge is 0.468 e. The van der Waals surface area contributed by atoms with Crippen LogP contribution in [0.25, 0.3) is 0 Å². The molecule has 0 amide bonds. The van der Waals surface area contributed by atoms with E-state index in [0.717, 1.165) is 5.56 Å². The minimum Gasteiger partial charge on any atom is -0.468 e. The van der Waals surface area contributed by atoms with Crippen molar-refractivity contribution in [1.82, 2.24) is 15.6 Å². The van der Waals surface area contributed by atoms with E-state index in [-0.39, 0.29) is 36.4 Å². The van der Waals surface area contributed by atoms with E-state index in [1.165, 1.54) is 12.3 Å². The van der Waals surface area contributed by atoms with Gasteiger partial charge in [-0.15, -0.1) is 24.0 Å². The summed E-state index contributed by atoms with van der Waals surface area (Å²) in [6, 6.07) is 13.0. The van der Waals surface area contributed by atoms with Crippen LogP contribution < -0.4 is 15.4 Å². The highest BCUT2D eigenvalue weighted by molar-refractivity contribution is 14.0. The zero-order valence-electron chi connectivity index (χ0n) is 14.8. The summed E-state index contributed by atoms with van der Waals surface area (Å²) in [5, 5.41) is 6.34. The number of guanidine groups is 1. The quantitative estimate of drug-likeness (QED) is 0.349.